The van der Waals surface area contributed by atoms with Gasteiger partial charge in [0, 0.05) is 30.9 Å². The number of aliphatic hydroxyl groups is 1. The number of carbonyl (C=O) groups is 1. The number of nitrogens with two attached hydrogens (primary N) is 1. The lowest BCUT2D eigenvalue weighted by Crippen LogP contribution is -2.52. The van der Waals surface area contributed by atoms with Gasteiger partial charge in [0.2, 0.25) is 15.9 Å². The van der Waals surface area contributed by atoms with Crippen LogP contribution < -0.4 is 10.5 Å². The van der Waals surface area contributed by atoms with E-state index < -0.39 is 16.1 Å². The zero-order valence-corrected chi connectivity index (χ0v) is 23.6. The number of nitrogens with one attached hydrogen (secondary N) is 1. The van der Waals surface area contributed by atoms with Crippen LogP contribution in [0.5, 0.6) is 0 Å². The Hall–Kier alpha value is -1.91. The first kappa shape index (κ1) is 29.6. The minimum atomic E-state index is -3.94. The number of nitrogens with zero attached hydrogens (tertiary/aromatic N) is 1. The zero-order chi connectivity index (χ0) is 26.9. The molecule has 0 radical (unpaired) electrons. The third-order valence-corrected chi connectivity index (χ3v) is 9.81. The lowest BCUT2D eigenvalue weighted by Gasteiger charge is -2.34. The van der Waals surface area contributed by atoms with Gasteiger partial charge in [0.1, 0.15) is 6.04 Å². The first-order valence-electron chi connectivity index (χ1n) is 13.0. The fraction of sp³-hybridized carbons (Fsp3) is 0.536. The average Bonchev–Trinajstić information content (AvgIpc) is 2.91. The number of rotatable bonds is 13. The van der Waals surface area contributed by atoms with Crippen LogP contribution >= 0.6 is 11.8 Å². The Bertz CT molecular complexity index is 1100. The first-order chi connectivity index (χ1) is 17.7. The third kappa shape index (κ3) is 8.04. The van der Waals surface area contributed by atoms with E-state index in [0.29, 0.717) is 31.3 Å². The Kier molecular flexibility index (Phi) is 11.0. The molecule has 0 spiro atoms. The summed E-state index contributed by atoms with van der Waals surface area (Å²) in [5.41, 5.74) is 7.19. The summed E-state index contributed by atoms with van der Waals surface area (Å²) in [5.74, 6) is 1.33. The van der Waals surface area contributed by atoms with Crippen LogP contribution in [-0.2, 0) is 20.2 Å². The highest BCUT2D eigenvalue weighted by Crippen LogP contribution is 2.32. The Morgan fingerprint density at radius 2 is 1.81 bits per heavy atom. The molecule has 0 aliphatic carbocycles. The van der Waals surface area contributed by atoms with E-state index in [4.69, 9.17) is 5.73 Å². The van der Waals surface area contributed by atoms with Crippen molar-refractivity contribution in [3.05, 3.63) is 65.7 Å². The predicted molar refractivity (Wildman–Crippen MR) is 151 cm³/mol. The van der Waals surface area contributed by atoms with Crippen LogP contribution in [0.4, 0.5) is 0 Å². The zero-order valence-electron chi connectivity index (χ0n) is 21.9. The summed E-state index contributed by atoms with van der Waals surface area (Å²) < 4.78 is 29.8. The maximum Gasteiger partial charge on any atom is 0.241 e. The number of likely N-dealkylation sites (tertiary alicyclic amines) is 1. The van der Waals surface area contributed by atoms with E-state index in [2.05, 4.69) is 18.6 Å². The van der Waals surface area contributed by atoms with Crippen LogP contribution in [0.25, 0.3) is 0 Å². The molecule has 1 atom stereocenters. The fourth-order valence-electron chi connectivity index (χ4n) is 4.72. The summed E-state index contributed by atoms with van der Waals surface area (Å²) in [6, 6.07) is 16.1. The third-order valence-electron chi connectivity index (χ3n) is 7.20. The van der Waals surface area contributed by atoms with E-state index in [1.165, 1.54) is 0 Å². The van der Waals surface area contributed by atoms with Gasteiger partial charge in [-0.05, 0) is 67.2 Å². The molecule has 7 nitrogen and oxygen atoms in total. The van der Waals surface area contributed by atoms with Crippen LogP contribution in [0.3, 0.4) is 0 Å². The van der Waals surface area contributed by atoms with Crippen molar-refractivity contribution in [2.24, 2.45) is 11.7 Å². The van der Waals surface area contributed by atoms with Crippen molar-refractivity contribution < 1.29 is 18.3 Å². The number of sulfonamides is 1. The second kappa shape index (κ2) is 13.8. The highest BCUT2D eigenvalue weighted by molar-refractivity contribution is 7.99. The van der Waals surface area contributed by atoms with E-state index in [1.807, 2.05) is 36.4 Å². The number of hydrogen-bond donors (Lipinski definition) is 3. The van der Waals surface area contributed by atoms with Crippen LogP contribution in [0, 0.1) is 5.92 Å². The molecule has 4 N–H and O–H groups in total. The molecule has 0 bridgehead atoms. The van der Waals surface area contributed by atoms with Crippen molar-refractivity contribution >= 4 is 27.7 Å². The maximum absolute atomic E-state index is 13.5. The Labute approximate surface area is 226 Å². The van der Waals surface area contributed by atoms with Gasteiger partial charge in [0.15, 0.2) is 0 Å². The summed E-state index contributed by atoms with van der Waals surface area (Å²) in [7, 11) is -3.94. The molecule has 0 aromatic heterocycles. The van der Waals surface area contributed by atoms with Crippen molar-refractivity contribution in [1.82, 2.24) is 9.62 Å². The van der Waals surface area contributed by atoms with Crippen LogP contribution in [0.15, 0.2) is 59.5 Å². The number of thioether (sulfide) groups is 1. The number of hydrogen-bond acceptors (Lipinski definition) is 6. The summed E-state index contributed by atoms with van der Waals surface area (Å²) in [6.45, 7) is 6.01. The number of amides is 1. The van der Waals surface area contributed by atoms with Gasteiger partial charge in [-0.25, -0.2) is 8.42 Å². The van der Waals surface area contributed by atoms with Crippen molar-refractivity contribution in [2.75, 3.05) is 37.7 Å². The molecule has 1 saturated heterocycles. The first-order valence-corrected chi connectivity index (χ1v) is 15.7. The smallest absolute Gasteiger partial charge is 0.241 e. The van der Waals surface area contributed by atoms with E-state index in [-0.39, 0.29) is 22.8 Å². The largest absolute Gasteiger partial charge is 0.396 e. The van der Waals surface area contributed by atoms with Gasteiger partial charge in [-0.2, -0.15) is 16.5 Å². The predicted octanol–water partition coefficient (Wildman–Crippen LogP) is 3.36. The van der Waals surface area contributed by atoms with Gasteiger partial charge >= 0.3 is 0 Å². The Morgan fingerprint density at radius 1 is 1.14 bits per heavy atom. The van der Waals surface area contributed by atoms with Crippen molar-refractivity contribution in [1.29, 1.82) is 0 Å². The molecule has 2 aromatic rings. The van der Waals surface area contributed by atoms with Crippen LogP contribution in [0.1, 0.15) is 50.7 Å². The van der Waals surface area contributed by atoms with Gasteiger partial charge in [-0.15, -0.1) is 0 Å². The summed E-state index contributed by atoms with van der Waals surface area (Å²) in [5, 5.41) is 9.22. The number of carbonyl (C=O) groups excluding carboxylic acids is 1. The topological polar surface area (TPSA) is 113 Å². The van der Waals surface area contributed by atoms with Gasteiger partial charge in [-0.3, -0.25) is 4.79 Å². The highest BCUT2D eigenvalue weighted by Gasteiger charge is 2.32. The van der Waals surface area contributed by atoms with Crippen LogP contribution in [0.2, 0.25) is 0 Å². The molecule has 1 aliphatic heterocycles. The molecule has 0 unspecified atom stereocenters. The summed E-state index contributed by atoms with van der Waals surface area (Å²) >= 11 is 1.54. The number of aliphatic hydroxyl groups excluding tert-OH is 1. The van der Waals surface area contributed by atoms with E-state index >= 15 is 0 Å². The second-order valence-electron chi connectivity index (χ2n) is 10.2. The molecule has 1 aliphatic rings. The second-order valence-corrected chi connectivity index (χ2v) is 13.1. The quantitative estimate of drug-likeness (QED) is 0.332. The standard InChI is InChI=1S/C28H41N3O4S2/c1-28(2,23-8-4-3-5-9-23)24-10-6-11-25(20-24)37(34,35)30-26(21-36-19-7-15-29)27(33)31-16-12-22(13-17-31)14-18-32/h3-6,8-11,20,22,26,30,32H,7,12-19,21,29H2,1-2H3/t26-/m0/s1. The van der Waals surface area contributed by atoms with Gasteiger partial charge in [0.05, 0.1) is 4.90 Å². The Morgan fingerprint density at radius 3 is 2.46 bits per heavy atom. The normalized spacial score (nSPS) is 16.1. The SMILES string of the molecule is CC(C)(c1ccccc1)c1cccc(S(=O)(=O)N[C@@H](CSCCCN)C(=O)N2CCC(CCO)CC2)c1. The van der Waals surface area contributed by atoms with E-state index in [0.717, 1.165) is 42.6 Å². The number of benzene rings is 2. The van der Waals surface area contributed by atoms with E-state index in [9.17, 15) is 18.3 Å². The minimum absolute atomic E-state index is 0.152. The molecule has 1 fully saturated rings. The maximum atomic E-state index is 13.5. The van der Waals surface area contributed by atoms with Gasteiger partial charge in [-0.1, -0.05) is 56.3 Å². The molecular formula is C28H41N3O4S2. The molecule has 1 heterocycles. The monoisotopic (exact) mass is 547 g/mol. The lowest BCUT2D eigenvalue weighted by atomic mass is 9.78. The molecule has 0 saturated carbocycles. The molecule has 204 valence electrons. The number of piperidine rings is 1. The van der Waals surface area contributed by atoms with Gasteiger partial charge in [0.25, 0.3) is 0 Å². The van der Waals surface area contributed by atoms with Gasteiger partial charge < -0.3 is 15.7 Å². The molecule has 9 heteroatoms. The van der Waals surface area contributed by atoms with E-state index in [1.54, 1.807) is 34.9 Å². The average molecular weight is 548 g/mol. The lowest BCUT2D eigenvalue weighted by molar-refractivity contribution is -0.133. The molecule has 37 heavy (non-hydrogen) atoms. The molecule has 1 amide bonds. The molecule has 3 rings (SSSR count). The Balaban J connectivity index is 1.79. The van der Waals surface area contributed by atoms with Crippen molar-refractivity contribution in [3.8, 4) is 0 Å². The fourth-order valence-corrected chi connectivity index (χ4v) is 7.06. The minimum Gasteiger partial charge on any atom is -0.396 e. The summed E-state index contributed by atoms with van der Waals surface area (Å²) in [6.07, 6.45) is 3.19. The molecular weight excluding hydrogens is 506 g/mol. The highest BCUT2D eigenvalue weighted by atomic mass is 32.2. The van der Waals surface area contributed by atoms with Crippen molar-refractivity contribution in [2.45, 2.75) is 55.9 Å². The van der Waals surface area contributed by atoms with Crippen molar-refractivity contribution in [3.63, 3.8) is 0 Å². The van der Waals surface area contributed by atoms with Crippen LogP contribution in [-0.4, -0.2) is 68.1 Å². The molecule has 2 aromatic carbocycles. The summed E-state index contributed by atoms with van der Waals surface area (Å²) in [4.78, 5) is 15.4.